The average Bonchev–Trinajstić information content (AvgIpc) is 3.39. The van der Waals surface area contributed by atoms with Crippen LogP contribution >= 0.6 is 0 Å². The summed E-state index contributed by atoms with van der Waals surface area (Å²) in [5.74, 6) is -0.531. The van der Waals surface area contributed by atoms with Gasteiger partial charge in [0.2, 0.25) is 6.04 Å². The minimum absolute atomic E-state index is 0.0129. The van der Waals surface area contributed by atoms with E-state index in [1.165, 1.54) is 11.1 Å². The molecule has 5 heteroatoms. The van der Waals surface area contributed by atoms with Gasteiger partial charge < -0.3 is 5.11 Å². The summed E-state index contributed by atoms with van der Waals surface area (Å²) in [4.78, 5) is 18.8. The number of aliphatic carboxylic acids is 1. The number of anilines is 1. The van der Waals surface area contributed by atoms with Crippen molar-refractivity contribution in [2.24, 2.45) is 5.41 Å². The summed E-state index contributed by atoms with van der Waals surface area (Å²) in [6.07, 6.45) is 1.97. The molecule has 3 aromatic carbocycles. The fourth-order valence-electron chi connectivity index (χ4n) is 6.31. The van der Waals surface area contributed by atoms with Crippen molar-refractivity contribution >= 4 is 17.4 Å². The Morgan fingerprint density at radius 3 is 2.11 bits per heavy atom. The van der Waals surface area contributed by atoms with Gasteiger partial charge in [-0.05, 0) is 34.6 Å². The van der Waals surface area contributed by atoms with Gasteiger partial charge in [0.05, 0.1) is 5.69 Å². The summed E-state index contributed by atoms with van der Waals surface area (Å²) < 4.78 is 2.13. The Labute approximate surface area is 213 Å². The van der Waals surface area contributed by atoms with Crippen molar-refractivity contribution in [3.63, 3.8) is 0 Å². The maximum atomic E-state index is 12.3. The van der Waals surface area contributed by atoms with Gasteiger partial charge in [0.25, 0.3) is 0 Å². The van der Waals surface area contributed by atoms with Gasteiger partial charge in [-0.15, -0.1) is 0 Å². The molecule has 0 amide bonds. The van der Waals surface area contributed by atoms with E-state index < -0.39 is 12.0 Å². The zero-order valence-corrected chi connectivity index (χ0v) is 21.0. The van der Waals surface area contributed by atoms with Crippen molar-refractivity contribution in [2.45, 2.75) is 57.1 Å². The maximum Gasteiger partial charge on any atom is 0.372 e. The van der Waals surface area contributed by atoms with Crippen molar-refractivity contribution in [3.8, 4) is 0 Å². The number of nitrogens with zero attached hydrogens (tertiary/aromatic N) is 1. The zero-order chi connectivity index (χ0) is 25.1. The second kappa shape index (κ2) is 10.3. The van der Waals surface area contributed by atoms with Crippen LogP contribution in [0.4, 0.5) is 5.69 Å². The molecule has 4 atom stereocenters. The number of nitrogens with one attached hydrogen (secondary N) is 1. The fourth-order valence-corrected chi connectivity index (χ4v) is 6.31. The molecule has 1 aliphatic heterocycles. The largest absolute Gasteiger partial charge is 0.476 e. The van der Waals surface area contributed by atoms with E-state index in [9.17, 15) is 9.90 Å². The Morgan fingerprint density at radius 2 is 1.50 bits per heavy atom. The first kappa shape index (κ1) is 24.3. The molecule has 1 heterocycles. The lowest BCUT2D eigenvalue weighted by atomic mass is 9.56. The van der Waals surface area contributed by atoms with E-state index in [0.717, 1.165) is 30.8 Å². The van der Waals surface area contributed by atoms with Gasteiger partial charge >= 0.3 is 5.97 Å². The molecule has 0 spiro atoms. The quantitative estimate of drug-likeness (QED) is 0.329. The molecule has 0 aromatic heterocycles. The van der Waals surface area contributed by atoms with Crippen molar-refractivity contribution < 1.29 is 19.3 Å². The molecule has 2 fully saturated rings. The number of carbonyl (C=O) groups is 1. The van der Waals surface area contributed by atoms with Crippen LogP contribution in [-0.2, 0) is 9.63 Å². The van der Waals surface area contributed by atoms with Crippen LogP contribution < -0.4 is 5.48 Å². The van der Waals surface area contributed by atoms with Gasteiger partial charge in [0.1, 0.15) is 6.54 Å². The Kier molecular flexibility index (Phi) is 6.92. The first-order valence-electron chi connectivity index (χ1n) is 12.9. The number of rotatable bonds is 6. The molecule has 0 radical (unpaired) electrons. The number of benzene rings is 3. The van der Waals surface area contributed by atoms with Crippen LogP contribution in [-0.4, -0.2) is 40.1 Å². The number of carboxylic acid groups (broad SMARTS) is 1. The predicted octanol–water partition coefficient (Wildman–Crippen LogP) is 6.10. The maximum absolute atomic E-state index is 12.3. The highest BCUT2D eigenvalue weighted by Crippen LogP contribution is 2.54. The van der Waals surface area contributed by atoms with E-state index in [1.807, 2.05) is 36.4 Å². The number of hydrogen-bond donors (Lipinski definition) is 2. The molecular weight excluding hydrogens is 448 g/mol. The third-order valence-corrected chi connectivity index (χ3v) is 8.09. The zero-order valence-electron chi connectivity index (χ0n) is 21.0. The summed E-state index contributed by atoms with van der Waals surface area (Å²) >= 11 is 0. The molecular formula is C31H35N2O3+. The second-order valence-corrected chi connectivity index (χ2v) is 10.6. The third kappa shape index (κ3) is 4.68. The molecule has 1 saturated heterocycles. The van der Waals surface area contributed by atoms with Crippen LogP contribution in [0.2, 0.25) is 0 Å². The molecule has 2 N–H and O–H groups in total. The summed E-state index contributed by atoms with van der Waals surface area (Å²) in [6.45, 7) is 5.40. The van der Waals surface area contributed by atoms with Crippen molar-refractivity contribution in [2.75, 3.05) is 12.0 Å². The highest BCUT2D eigenvalue weighted by atomic mass is 16.7. The molecule has 2 aliphatic rings. The van der Waals surface area contributed by atoms with E-state index in [4.69, 9.17) is 4.84 Å². The first-order chi connectivity index (χ1) is 17.5. The molecule has 1 saturated carbocycles. The molecule has 3 aromatic rings. The van der Waals surface area contributed by atoms with Gasteiger partial charge in [0.15, 0.2) is 11.8 Å². The highest BCUT2D eigenvalue weighted by molar-refractivity contribution is 5.89. The average molecular weight is 484 g/mol. The highest BCUT2D eigenvalue weighted by Gasteiger charge is 2.55. The lowest BCUT2D eigenvalue weighted by molar-refractivity contribution is -0.537. The Morgan fingerprint density at radius 1 is 0.917 bits per heavy atom. The van der Waals surface area contributed by atoms with E-state index in [1.54, 1.807) is 0 Å². The minimum Gasteiger partial charge on any atom is -0.476 e. The number of carboxylic acids is 1. The summed E-state index contributed by atoms with van der Waals surface area (Å²) in [6, 6.07) is 30.6. The molecule has 36 heavy (non-hydrogen) atoms. The van der Waals surface area contributed by atoms with E-state index in [2.05, 4.69) is 78.5 Å². The summed E-state index contributed by atoms with van der Waals surface area (Å²) in [5, 5.41) is 10.1. The normalized spacial score (nSPS) is 27.5. The lowest BCUT2D eigenvalue weighted by Crippen LogP contribution is -2.52. The van der Waals surface area contributed by atoms with Crippen LogP contribution in [0.15, 0.2) is 91.0 Å². The van der Waals surface area contributed by atoms with E-state index >= 15 is 0 Å². The van der Waals surface area contributed by atoms with Crippen molar-refractivity contribution in [3.05, 3.63) is 102 Å². The third-order valence-electron chi connectivity index (χ3n) is 8.09. The topological polar surface area (TPSA) is 61.6 Å². The molecule has 186 valence electrons. The standard InChI is InChI=1S/C31H34N2O3/c1-31(2)25(22-13-6-3-7-14-22)21-27(33-20-12-19-26(33)30(34)35)29(28(31)23-15-8-4-9-16-23)36-32-24-17-10-5-11-18-24/h3-11,13-18,25-26,28-29,32H,12,19-21H2,1-2H3/p+1/t25-,26+,28-,29+/m1/s1. The SMILES string of the molecule is CC1(C)[C@@H](c2ccccc2)CC(=[N+]2CCC[C@H]2C(=O)O)[C@H](ONc2ccccc2)[C@H]1c1ccccc1. The van der Waals surface area contributed by atoms with Gasteiger partial charge in [0, 0.05) is 25.2 Å². The Balaban J connectivity index is 1.66. The van der Waals surface area contributed by atoms with E-state index in [-0.39, 0.29) is 23.4 Å². The molecule has 0 bridgehead atoms. The van der Waals surface area contributed by atoms with Crippen molar-refractivity contribution in [1.29, 1.82) is 0 Å². The lowest BCUT2D eigenvalue weighted by Gasteiger charge is -2.48. The van der Waals surface area contributed by atoms with Crippen LogP contribution in [0.3, 0.4) is 0 Å². The summed E-state index contributed by atoms with van der Waals surface area (Å²) in [5.41, 5.74) is 7.48. The monoisotopic (exact) mass is 483 g/mol. The van der Waals surface area contributed by atoms with Gasteiger partial charge in [-0.25, -0.2) is 9.37 Å². The minimum atomic E-state index is -0.757. The molecule has 5 rings (SSSR count). The Bertz CT molecular complexity index is 1210. The number of para-hydroxylation sites is 1. The molecule has 0 unspecified atom stereocenters. The smallest absolute Gasteiger partial charge is 0.372 e. The van der Waals surface area contributed by atoms with Crippen LogP contribution in [0, 0.1) is 5.41 Å². The van der Waals surface area contributed by atoms with E-state index in [0.29, 0.717) is 6.42 Å². The van der Waals surface area contributed by atoms with Crippen molar-refractivity contribution in [1.82, 2.24) is 0 Å². The first-order valence-corrected chi connectivity index (χ1v) is 12.9. The molecule has 1 aliphatic carbocycles. The number of hydrogen-bond acceptors (Lipinski definition) is 3. The fraction of sp³-hybridized carbons (Fsp3) is 0.355. The second-order valence-electron chi connectivity index (χ2n) is 10.6. The Hall–Kier alpha value is -3.44. The van der Waals surface area contributed by atoms with Gasteiger partial charge in [-0.2, -0.15) is 0 Å². The van der Waals surface area contributed by atoms with Crippen LogP contribution in [0.25, 0.3) is 0 Å². The van der Waals surface area contributed by atoms with Gasteiger partial charge in [-0.3, -0.25) is 10.3 Å². The van der Waals surface area contributed by atoms with Crippen LogP contribution in [0.5, 0.6) is 0 Å². The van der Waals surface area contributed by atoms with Gasteiger partial charge in [-0.1, -0.05) is 92.7 Å². The molecule has 5 nitrogen and oxygen atoms in total. The predicted molar refractivity (Wildman–Crippen MR) is 142 cm³/mol. The summed E-state index contributed by atoms with van der Waals surface area (Å²) in [7, 11) is 0. The van der Waals surface area contributed by atoms with Crippen LogP contribution in [0.1, 0.15) is 56.1 Å².